The van der Waals surface area contributed by atoms with Crippen molar-refractivity contribution in [1.82, 2.24) is 19.6 Å². The zero-order chi connectivity index (χ0) is 14.8. The van der Waals surface area contributed by atoms with Crippen LogP contribution in [-0.4, -0.2) is 24.7 Å². The SMILES string of the molecule is Cc1nc2ncnn2c(N)c1C#C[C@@H](O)c1ccccc1. The molecule has 1 atom stereocenters. The van der Waals surface area contributed by atoms with Gasteiger partial charge < -0.3 is 10.8 Å². The minimum atomic E-state index is -0.878. The van der Waals surface area contributed by atoms with Crippen molar-refractivity contribution in [3.05, 3.63) is 53.5 Å². The molecule has 0 bridgehead atoms. The highest BCUT2D eigenvalue weighted by atomic mass is 16.3. The van der Waals surface area contributed by atoms with Gasteiger partial charge in [-0.3, -0.25) is 0 Å². The summed E-state index contributed by atoms with van der Waals surface area (Å²) >= 11 is 0. The third-order valence-electron chi connectivity index (χ3n) is 3.09. The zero-order valence-electron chi connectivity index (χ0n) is 11.4. The van der Waals surface area contributed by atoms with Crippen LogP contribution in [0.3, 0.4) is 0 Å². The first kappa shape index (κ1) is 13.1. The Morgan fingerprint density at radius 3 is 2.81 bits per heavy atom. The molecule has 0 aliphatic rings. The Labute approximate surface area is 121 Å². The van der Waals surface area contributed by atoms with E-state index in [0.717, 1.165) is 5.56 Å². The van der Waals surface area contributed by atoms with Crippen LogP contribution in [0.1, 0.15) is 22.9 Å². The summed E-state index contributed by atoms with van der Waals surface area (Å²) in [6.07, 6.45) is 0.505. The van der Waals surface area contributed by atoms with Crippen LogP contribution in [-0.2, 0) is 0 Å². The minimum Gasteiger partial charge on any atom is -0.382 e. The lowest BCUT2D eigenvalue weighted by Gasteiger charge is -2.05. The van der Waals surface area contributed by atoms with Crippen LogP contribution in [0.2, 0.25) is 0 Å². The lowest BCUT2D eigenvalue weighted by atomic mass is 10.1. The molecule has 0 unspecified atom stereocenters. The number of hydrogen-bond donors (Lipinski definition) is 2. The second kappa shape index (κ2) is 5.23. The monoisotopic (exact) mass is 279 g/mol. The number of hydrogen-bond acceptors (Lipinski definition) is 5. The molecule has 6 nitrogen and oxygen atoms in total. The summed E-state index contributed by atoms with van der Waals surface area (Å²) in [5, 5.41) is 14.1. The first-order valence-electron chi connectivity index (χ1n) is 6.37. The molecule has 2 heterocycles. The lowest BCUT2D eigenvalue weighted by Crippen LogP contribution is -2.06. The molecule has 6 heteroatoms. The van der Waals surface area contributed by atoms with E-state index in [4.69, 9.17) is 5.73 Å². The summed E-state index contributed by atoms with van der Waals surface area (Å²) in [6.45, 7) is 1.80. The number of aliphatic hydroxyl groups excluding tert-OH is 1. The van der Waals surface area contributed by atoms with E-state index in [1.165, 1.54) is 10.8 Å². The normalized spacial score (nSPS) is 11.9. The van der Waals surface area contributed by atoms with Crippen LogP contribution in [0.4, 0.5) is 5.82 Å². The third kappa shape index (κ3) is 2.42. The summed E-state index contributed by atoms with van der Waals surface area (Å²) in [5.41, 5.74) is 7.96. The van der Waals surface area contributed by atoms with E-state index in [1.54, 1.807) is 6.92 Å². The number of anilines is 1. The molecule has 3 aromatic rings. The van der Waals surface area contributed by atoms with Crippen molar-refractivity contribution in [2.24, 2.45) is 0 Å². The first-order chi connectivity index (χ1) is 10.2. The van der Waals surface area contributed by atoms with Gasteiger partial charge in [0.15, 0.2) is 0 Å². The highest BCUT2D eigenvalue weighted by Gasteiger charge is 2.10. The highest BCUT2D eigenvalue weighted by molar-refractivity contribution is 5.57. The van der Waals surface area contributed by atoms with Gasteiger partial charge in [-0.2, -0.15) is 14.6 Å². The average molecular weight is 279 g/mol. The van der Waals surface area contributed by atoms with E-state index in [9.17, 15) is 5.11 Å². The maximum absolute atomic E-state index is 10.1. The fraction of sp³-hybridized carbons (Fsp3) is 0.133. The largest absolute Gasteiger partial charge is 0.382 e. The minimum absolute atomic E-state index is 0.364. The van der Waals surface area contributed by atoms with Crippen LogP contribution in [0.5, 0.6) is 0 Å². The van der Waals surface area contributed by atoms with E-state index in [2.05, 4.69) is 26.9 Å². The Morgan fingerprint density at radius 2 is 2.05 bits per heavy atom. The second-order valence-electron chi connectivity index (χ2n) is 4.51. The third-order valence-corrected chi connectivity index (χ3v) is 3.09. The van der Waals surface area contributed by atoms with E-state index in [1.807, 2.05) is 30.3 Å². The number of nitrogens with two attached hydrogens (primary N) is 1. The van der Waals surface area contributed by atoms with Gasteiger partial charge in [0.2, 0.25) is 0 Å². The number of nitrogens with zero attached hydrogens (tertiary/aromatic N) is 4. The number of aliphatic hydroxyl groups is 1. The molecular weight excluding hydrogens is 266 g/mol. The fourth-order valence-corrected chi connectivity index (χ4v) is 1.99. The molecular formula is C15H13N5O. The quantitative estimate of drug-likeness (QED) is 0.651. The molecule has 0 spiro atoms. The molecule has 0 amide bonds. The molecule has 2 aromatic heterocycles. The Balaban J connectivity index is 2.01. The van der Waals surface area contributed by atoms with E-state index in [0.29, 0.717) is 22.9 Å². The fourth-order valence-electron chi connectivity index (χ4n) is 1.99. The molecule has 0 saturated heterocycles. The van der Waals surface area contributed by atoms with Crippen molar-refractivity contribution in [1.29, 1.82) is 0 Å². The Kier molecular flexibility index (Phi) is 3.26. The van der Waals surface area contributed by atoms with E-state index >= 15 is 0 Å². The average Bonchev–Trinajstić information content (AvgIpc) is 2.96. The molecule has 0 radical (unpaired) electrons. The van der Waals surface area contributed by atoms with Crippen molar-refractivity contribution >= 4 is 11.6 Å². The summed E-state index contributed by atoms with van der Waals surface area (Å²) in [6, 6.07) is 9.21. The first-order valence-corrected chi connectivity index (χ1v) is 6.37. The van der Waals surface area contributed by atoms with Crippen molar-refractivity contribution in [3.8, 4) is 11.8 Å². The lowest BCUT2D eigenvalue weighted by molar-refractivity contribution is 0.238. The van der Waals surface area contributed by atoms with Crippen LogP contribution in [0.15, 0.2) is 36.7 Å². The molecule has 0 aliphatic heterocycles. The predicted molar refractivity (Wildman–Crippen MR) is 78.2 cm³/mol. The van der Waals surface area contributed by atoms with Crippen LogP contribution in [0.25, 0.3) is 5.78 Å². The van der Waals surface area contributed by atoms with E-state index in [-0.39, 0.29) is 0 Å². The van der Waals surface area contributed by atoms with E-state index < -0.39 is 6.10 Å². The van der Waals surface area contributed by atoms with Gasteiger partial charge in [-0.15, -0.1) is 0 Å². The summed E-state index contributed by atoms with van der Waals surface area (Å²) < 4.78 is 1.42. The topological polar surface area (TPSA) is 89.3 Å². The van der Waals surface area contributed by atoms with Gasteiger partial charge in [0.25, 0.3) is 5.78 Å². The van der Waals surface area contributed by atoms with Gasteiger partial charge in [-0.1, -0.05) is 42.2 Å². The predicted octanol–water partition coefficient (Wildman–Crippen LogP) is 1.10. The van der Waals surface area contributed by atoms with Gasteiger partial charge >= 0.3 is 0 Å². The van der Waals surface area contributed by atoms with Crippen LogP contribution >= 0.6 is 0 Å². The number of fused-ring (bicyclic) bond motifs is 1. The van der Waals surface area contributed by atoms with Crippen LogP contribution < -0.4 is 5.73 Å². The molecule has 0 saturated carbocycles. The van der Waals surface area contributed by atoms with Gasteiger partial charge in [0.05, 0.1) is 11.3 Å². The summed E-state index contributed by atoms with van der Waals surface area (Å²) in [7, 11) is 0. The second-order valence-corrected chi connectivity index (χ2v) is 4.51. The Morgan fingerprint density at radius 1 is 1.29 bits per heavy atom. The van der Waals surface area contributed by atoms with Gasteiger partial charge in [-0.05, 0) is 12.5 Å². The summed E-state index contributed by atoms with van der Waals surface area (Å²) in [5.74, 6) is 6.46. The number of benzene rings is 1. The smallest absolute Gasteiger partial charge is 0.254 e. The molecule has 0 aliphatic carbocycles. The number of aryl methyl sites for hydroxylation is 1. The van der Waals surface area contributed by atoms with Crippen molar-refractivity contribution < 1.29 is 5.11 Å². The summed E-state index contributed by atoms with van der Waals surface area (Å²) in [4.78, 5) is 8.26. The molecule has 104 valence electrons. The number of nitrogen functional groups attached to an aromatic ring is 1. The maximum Gasteiger partial charge on any atom is 0.254 e. The zero-order valence-corrected chi connectivity index (χ0v) is 11.4. The van der Waals surface area contributed by atoms with Crippen molar-refractivity contribution in [2.45, 2.75) is 13.0 Å². The standard InChI is InChI=1S/C15H13N5O/c1-10-12(14(16)20-15(19-10)17-9-18-20)7-8-13(21)11-5-3-2-4-6-11/h2-6,9,13,21H,16H2,1H3/t13-/m1/s1. The molecule has 3 rings (SSSR count). The number of aromatic nitrogens is 4. The maximum atomic E-state index is 10.1. The van der Waals surface area contributed by atoms with Gasteiger partial charge in [0, 0.05) is 0 Å². The van der Waals surface area contributed by atoms with Crippen molar-refractivity contribution in [2.75, 3.05) is 5.73 Å². The molecule has 3 N–H and O–H groups in total. The Hall–Kier alpha value is -2.91. The van der Waals surface area contributed by atoms with Crippen LogP contribution in [0, 0.1) is 18.8 Å². The highest BCUT2D eigenvalue weighted by Crippen LogP contribution is 2.16. The molecule has 21 heavy (non-hydrogen) atoms. The molecule has 0 fully saturated rings. The van der Waals surface area contributed by atoms with Crippen molar-refractivity contribution in [3.63, 3.8) is 0 Å². The number of rotatable bonds is 1. The molecule has 1 aromatic carbocycles. The van der Waals surface area contributed by atoms with Gasteiger partial charge in [-0.25, -0.2) is 4.98 Å². The van der Waals surface area contributed by atoms with Gasteiger partial charge in [0.1, 0.15) is 18.2 Å². The Bertz CT molecular complexity index is 845.